The van der Waals surface area contributed by atoms with Gasteiger partial charge in [0.1, 0.15) is 24.4 Å². The number of aromatic nitrogens is 1. The predicted octanol–water partition coefficient (Wildman–Crippen LogP) is -0.557. The Hall–Kier alpha value is -2.55. The summed E-state index contributed by atoms with van der Waals surface area (Å²) < 4.78 is 29.5. The summed E-state index contributed by atoms with van der Waals surface area (Å²) in [6.45, 7) is 0.772. The molecule has 0 saturated carbocycles. The van der Waals surface area contributed by atoms with Crippen molar-refractivity contribution in [2.75, 3.05) is 26.8 Å². The van der Waals surface area contributed by atoms with Crippen LogP contribution in [0.25, 0.3) is 10.9 Å². The number of benzene rings is 1. The van der Waals surface area contributed by atoms with Gasteiger partial charge in [-0.05, 0) is 18.1 Å². The lowest BCUT2D eigenvalue weighted by molar-refractivity contribution is -0.350. The van der Waals surface area contributed by atoms with Gasteiger partial charge in [0.05, 0.1) is 43.3 Å². The first-order valence-electron chi connectivity index (χ1n) is 13.3. The molecule has 6 heterocycles. The SMILES string of the molecule is COC(=O)C1=CO[C@@H](O[C@@H]2O[C@H](CO)[C@@H](O)[C@H](O)[C@H]2O)[C@@H]2[C@@H]3CN4CCc5c([nH]c6ccccc56)[C@]4(C[C@H]12)O3. The minimum Gasteiger partial charge on any atom is -0.471 e. The number of nitrogens with zero attached hydrogens (tertiary/aromatic N) is 1. The van der Waals surface area contributed by atoms with Crippen molar-refractivity contribution in [1.82, 2.24) is 9.88 Å². The second-order valence-electron chi connectivity index (χ2n) is 11.0. The number of para-hydroxylation sites is 1. The number of hydrogen-bond donors (Lipinski definition) is 5. The lowest BCUT2D eigenvalue weighted by atomic mass is 9.73. The Labute approximate surface area is 223 Å². The molecule has 0 radical (unpaired) electrons. The van der Waals surface area contributed by atoms with E-state index in [-0.39, 0.29) is 5.92 Å². The van der Waals surface area contributed by atoms with E-state index in [1.165, 1.54) is 18.9 Å². The quantitative estimate of drug-likeness (QED) is 0.314. The normalized spacial score (nSPS) is 41.3. The molecule has 3 fully saturated rings. The van der Waals surface area contributed by atoms with Crippen molar-refractivity contribution in [1.29, 1.82) is 0 Å². The van der Waals surface area contributed by atoms with Gasteiger partial charge in [-0.25, -0.2) is 4.79 Å². The zero-order valence-electron chi connectivity index (χ0n) is 21.3. The zero-order chi connectivity index (χ0) is 27.1. The molecule has 3 saturated heterocycles. The molecular formula is C27H32N2O10. The van der Waals surface area contributed by atoms with Crippen LogP contribution in [0.4, 0.5) is 0 Å². The number of carbonyl (C=O) groups excluding carboxylic acids is 1. The second kappa shape index (κ2) is 9.25. The molecule has 1 spiro atoms. The van der Waals surface area contributed by atoms with Crippen LogP contribution in [0, 0.1) is 11.8 Å². The van der Waals surface area contributed by atoms with Crippen molar-refractivity contribution in [3.63, 3.8) is 0 Å². The van der Waals surface area contributed by atoms with Gasteiger partial charge in [0.15, 0.2) is 12.0 Å². The fourth-order valence-electron chi connectivity index (χ4n) is 7.18. The van der Waals surface area contributed by atoms with E-state index in [2.05, 4.69) is 16.0 Å². The molecule has 39 heavy (non-hydrogen) atoms. The van der Waals surface area contributed by atoms with E-state index in [0.717, 1.165) is 29.6 Å². The third kappa shape index (κ3) is 3.64. The summed E-state index contributed by atoms with van der Waals surface area (Å²) in [5, 5.41) is 41.7. The monoisotopic (exact) mass is 544 g/mol. The highest BCUT2D eigenvalue weighted by Crippen LogP contribution is 2.57. The van der Waals surface area contributed by atoms with Crippen LogP contribution in [0.5, 0.6) is 0 Å². The molecule has 5 aliphatic rings. The number of esters is 1. The summed E-state index contributed by atoms with van der Waals surface area (Å²) in [7, 11) is 1.32. The number of ether oxygens (including phenoxy) is 5. The molecule has 2 bridgehead atoms. The molecule has 2 aromatic rings. The summed E-state index contributed by atoms with van der Waals surface area (Å²) in [5.74, 6) is -1.35. The van der Waals surface area contributed by atoms with E-state index in [9.17, 15) is 25.2 Å². The van der Waals surface area contributed by atoms with Gasteiger partial charge in [-0.3, -0.25) is 4.90 Å². The smallest absolute Gasteiger partial charge is 0.337 e. The number of H-pyrrole nitrogens is 1. The molecule has 5 N–H and O–H groups in total. The third-order valence-corrected chi connectivity index (χ3v) is 9.06. The van der Waals surface area contributed by atoms with Crippen molar-refractivity contribution in [3.8, 4) is 0 Å². The minimum atomic E-state index is -1.59. The number of rotatable bonds is 4. The maximum atomic E-state index is 12.9. The fraction of sp³-hybridized carbons (Fsp3) is 0.593. The Kier molecular flexibility index (Phi) is 6.03. The van der Waals surface area contributed by atoms with Gasteiger partial charge in [0, 0.05) is 36.3 Å². The summed E-state index contributed by atoms with van der Waals surface area (Å²) in [6, 6.07) is 8.17. The number of carbonyl (C=O) groups is 1. The van der Waals surface area contributed by atoms with Gasteiger partial charge in [-0.15, -0.1) is 0 Å². The second-order valence-corrected chi connectivity index (χ2v) is 11.0. The largest absolute Gasteiger partial charge is 0.471 e. The number of aromatic amines is 1. The van der Waals surface area contributed by atoms with Crippen LogP contribution in [-0.2, 0) is 40.6 Å². The maximum Gasteiger partial charge on any atom is 0.337 e. The van der Waals surface area contributed by atoms with Gasteiger partial charge in [-0.1, -0.05) is 18.2 Å². The number of methoxy groups -OCH3 is 1. The molecular weight excluding hydrogens is 512 g/mol. The van der Waals surface area contributed by atoms with Crippen molar-refractivity contribution in [3.05, 3.63) is 47.4 Å². The number of hydrogen-bond acceptors (Lipinski definition) is 11. The summed E-state index contributed by atoms with van der Waals surface area (Å²) >= 11 is 0. The van der Waals surface area contributed by atoms with E-state index in [4.69, 9.17) is 23.7 Å². The molecule has 0 aliphatic carbocycles. The Morgan fingerprint density at radius 3 is 2.79 bits per heavy atom. The first-order chi connectivity index (χ1) is 18.9. The fourth-order valence-corrected chi connectivity index (χ4v) is 7.18. The Morgan fingerprint density at radius 1 is 1.18 bits per heavy atom. The van der Waals surface area contributed by atoms with Crippen LogP contribution in [0.15, 0.2) is 36.1 Å². The number of aliphatic hydroxyl groups is 4. The molecule has 12 nitrogen and oxygen atoms in total. The highest BCUT2D eigenvalue weighted by Gasteiger charge is 2.64. The van der Waals surface area contributed by atoms with Crippen molar-refractivity contribution in [2.45, 2.75) is 61.7 Å². The van der Waals surface area contributed by atoms with Crippen LogP contribution < -0.4 is 0 Å². The molecule has 0 amide bonds. The topological polar surface area (TPSA) is 163 Å². The lowest BCUT2D eigenvalue weighted by Gasteiger charge is -2.50. The number of nitrogens with one attached hydrogen (secondary N) is 1. The Bertz CT molecular complexity index is 1310. The molecule has 12 heteroatoms. The van der Waals surface area contributed by atoms with Gasteiger partial charge in [0.25, 0.3) is 0 Å². The van der Waals surface area contributed by atoms with Crippen LogP contribution in [0.3, 0.4) is 0 Å². The highest BCUT2D eigenvalue weighted by atomic mass is 16.8. The van der Waals surface area contributed by atoms with E-state index in [1.807, 2.05) is 18.2 Å². The molecule has 10 atom stereocenters. The van der Waals surface area contributed by atoms with E-state index < -0.39 is 67.3 Å². The van der Waals surface area contributed by atoms with Gasteiger partial charge < -0.3 is 49.1 Å². The van der Waals surface area contributed by atoms with E-state index in [1.54, 1.807) is 0 Å². The van der Waals surface area contributed by atoms with Gasteiger partial charge in [-0.2, -0.15) is 0 Å². The maximum absolute atomic E-state index is 12.9. The number of aliphatic hydroxyl groups excluding tert-OH is 4. The number of fused-ring (bicyclic) bond motifs is 6. The van der Waals surface area contributed by atoms with Gasteiger partial charge >= 0.3 is 5.97 Å². The average Bonchev–Trinajstić information content (AvgIpc) is 3.48. The molecule has 7 rings (SSSR count). The van der Waals surface area contributed by atoms with E-state index >= 15 is 0 Å². The molecule has 0 unspecified atom stereocenters. The van der Waals surface area contributed by atoms with Crippen molar-refractivity contribution < 1.29 is 48.9 Å². The van der Waals surface area contributed by atoms with Gasteiger partial charge in [0.2, 0.25) is 6.29 Å². The lowest BCUT2D eigenvalue weighted by Crippen LogP contribution is -2.61. The van der Waals surface area contributed by atoms with Crippen LogP contribution >= 0.6 is 0 Å². The zero-order valence-corrected chi connectivity index (χ0v) is 21.3. The highest BCUT2D eigenvalue weighted by molar-refractivity contribution is 5.89. The van der Waals surface area contributed by atoms with E-state index in [0.29, 0.717) is 18.5 Å². The molecule has 1 aromatic carbocycles. The first-order valence-corrected chi connectivity index (χ1v) is 13.3. The average molecular weight is 545 g/mol. The van der Waals surface area contributed by atoms with Crippen LogP contribution in [-0.4, -0.2) is 106 Å². The Balaban J connectivity index is 1.25. The Morgan fingerprint density at radius 2 is 2.00 bits per heavy atom. The van der Waals surface area contributed by atoms with Crippen molar-refractivity contribution in [2.24, 2.45) is 11.8 Å². The van der Waals surface area contributed by atoms with Crippen LogP contribution in [0.1, 0.15) is 17.7 Å². The molecule has 5 aliphatic heterocycles. The molecule has 1 aromatic heterocycles. The van der Waals surface area contributed by atoms with Crippen molar-refractivity contribution >= 4 is 16.9 Å². The molecule has 210 valence electrons. The predicted molar refractivity (Wildman–Crippen MR) is 132 cm³/mol. The standard InChI is InChI=1S/C27H32N2O10/c1-35-24(34)15-11-36-25(38-26-22(33)21(32)20(31)18(10-30)37-26)19-14(15)8-27-23-13(6-7-29(27)9-17(19)39-27)12-4-2-3-5-16(12)28-23/h2-5,11,14,17-22,25-26,28,30-33H,6-10H2,1H3/t14-,17+,18-,19+,20-,21+,22-,25+,26+,27+/m1/s1. The van der Waals surface area contributed by atoms with Crippen LogP contribution in [0.2, 0.25) is 0 Å². The minimum absolute atomic E-state index is 0.369. The summed E-state index contributed by atoms with van der Waals surface area (Å²) in [5.41, 5.74) is 2.85. The summed E-state index contributed by atoms with van der Waals surface area (Å²) in [4.78, 5) is 18.8. The summed E-state index contributed by atoms with van der Waals surface area (Å²) in [6.07, 6.45) is -5.98. The third-order valence-electron chi connectivity index (χ3n) is 9.06. The first kappa shape index (κ1) is 25.4.